The van der Waals surface area contributed by atoms with Crippen molar-refractivity contribution >= 4 is 29.4 Å². The first-order valence-corrected chi connectivity index (χ1v) is 15.3. The van der Waals surface area contributed by atoms with Gasteiger partial charge in [-0.25, -0.2) is 20.2 Å². The van der Waals surface area contributed by atoms with E-state index in [2.05, 4.69) is 34.1 Å². The third-order valence-electron chi connectivity index (χ3n) is 7.63. The Labute approximate surface area is 275 Å². The Bertz CT molecular complexity index is 1740. The zero-order chi connectivity index (χ0) is 34.2. The number of alkyl halides is 2. The second-order valence-electron chi connectivity index (χ2n) is 11.5. The maximum absolute atomic E-state index is 15.5. The molecule has 0 aliphatic heterocycles. The van der Waals surface area contributed by atoms with Crippen LogP contribution >= 0.6 is 11.6 Å². The lowest BCUT2D eigenvalue weighted by molar-refractivity contribution is -0.108. The van der Waals surface area contributed by atoms with Crippen LogP contribution in [0.1, 0.15) is 63.3 Å². The molecule has 250 valence electrons. The summed E-state index contributed by atoms with van der Waals surface area (Å²) < 4.78 is 43.8. The normalized spacial score (nSPS) is 14.9. The number of hydrogen-bond acceptors (Lipinski definition) is 9. The number of halogens is 4. The number of nitrogens with zero attached hydrogens (tertiary/aromatic N) is 5. The van der Waals surface area contributed by atoms with Gasteiger partial charge in [0.1, 0.15) is 0 Å². The topological polar surface area (TPSA) is 171 Å². The number of aromatic nitrogens is 3. The summed E-state index contributed by atoms with van der Waals surface area (Å²) in [6.07, 6.45) is 9.24. The van der Waals surface area contributed by atoms with Crippen molar-refractivity contribution in [1.82, 2.24) is 19.9 Å². The fourth-order valence-electron chi connectivity index (χ4n) is 5.12. The molecule has 0 bridgehead atoms. The number of aliphatic imine (C=N–C) groups is 1. The first kappa shape index (κ1) is 35.2. The van der Waals surface area contributed by atoms with Crippen LogP contribution in [0.5, 0.6) is 0 Å². The molecule has 1 aromatic carbocycles. The molecule has 7 N–H and O–H groups in total. The first-order chi connectivity index (χ1) is 22.4. The van der Waals surface area contributed by atoms with Gasteiger partial charge in [-0.1, -0.05) is 38.3 Å². The number of carbonyl (C=O) groups is 1. The number of allylic oxidation sites excluding steroid dienone is 2. The number of amides is 1. The van der Waals surface area contributed by atoms with Crippen LogP contribution in [0.2, 0.25) is 5.02 Å². The Hall–Kier alpha value is -4.69. The summed E-state index contributed by atoms with van der Waals surface area (Å²) in [5.41, 5.74) is 11.9. The molecule has 1 unspecified atom stereocenters. The Morgan fingerprint density at radius 3 is 2.57 bits per heavy atom. The van der Waals surface area contributed by atoms with Crippen LogP contribution in [0, 0.1) is 17.7 Å². The Morgan fingerprint density at radius 1 is 1.21 bits per heavy atom. The highest BCUT2D eigenvalue weighted by atomic mass is 35.5. The molecule has 1 amide bonds. The van der Waals surface area contributed by atoms with Crippen molar-refractivity contribution in [2.75, 3.05) is 5.01 Å². The van der Waals surface area contributed by atoms with E-state index in [1.165, 1.54) is 58.6 Å². The van der Waals surface area contributed by atoms with E-state index >= 15 is 4.39 Å². The van der Waals surface area contributed by atoms with Crippen LogP contribution in [-0.4, -0.2) is 33.2 Å². The first-order valence-electron chi connectivity index (χ1n) is 15.0. The van der Waals surface area contributed by atoms with Gasteiger partial charge in [0, 0.05) is 41.8 Å². The molecule has 15 heteroatoms. The summed E-state index contributed by atoms with van der Waals surface area (Å²) in [4.78, 5) is 37.1. The lowest BCUT2D eigenvalue weighted by Gasteiger charge is -2.22. The Kier molecular flexibility index (Phi) is 11.8. The van der Waals surface area contributed by atoms with E-state index in [1.54, 1.807) is 0 Å². The second kappa shape index (κ2) is 15.7. The van der Waals surface area contributed by atoms with Crippen LogP contribution in [0.15, 0.2) is 76.4 Å². The summed E-state index contributed by atoms with van der Waals surface area (Å²) in [7, 11) is 0. The number of pyridine rings is 1. The van der Waals surface area contributed by atoms with Crippen molar-refractivity contribution < 1.29 is 18.0 Å². The highest BCUT2D eigenvalue weighted by Crippen LogP contribution is 2.37. The van der Waals surface area contributed by atoms with E-state index in [1.807, 2.05) is 0 Å². The minimum atomic E-state index is -3.10. The Balaban J connectivity index is 1.80. The van der Waals surface area contributed by atoms with Crippen molar-refractivity contribution in [3.8, 4) is 11.3 Å². The zero-order valence-corrected chi connectivity index (χ0v) is 26.7. The molecule has 2 aromatic heterocycles. The van der Waals surface area contributed by atoms with Gasteiger partial charge in [-0.15, -0.1) is 0 Å². The molecular weight excluding hydrogens is 635 g/mol. The number of nitrogens with one attached hydrogen (secondary N) is 1. The molecule has 4 rings (SSSR count). The molecule has 3 aromatic rings. The fraction of sp³-hybridized carbons (Fsp3) is 0.344. The van der Waals surface area contributed by atoms with Gasteiger partial charge in [0.25, 0.3) is 5.56 Å². The molecule has 47 heavy (non-hydrogen) atoms. The van der Waals surface area contributed by atoms with Gasteiger partial charge in [0.2, 0.25) is 6.41 Å². The third kappa shape index (κ3) is 8.77. The number of benzene rings is 1. The zero-order valence-electron chi connectivity index (χ0n) is 25.9. The van der Waals surface area contributed by atoms with Gasteiger partial charge in [-0.05, 0) is 49.4 Å². The molecule has 1 saturated carbocycles. The summed E-state index contributed by atoms with van der Waals surface area (Å²) in [6, 6.07) is 6.26. The van der Waals surface area contributed by atoms with Gasteiger partial charge in [-0.2, -0.15) is 8.78 Å². The average Bonchev–Trinajstić information content (AvgIpc) is 3.88. The van der Waals surface area contributed by atoms with Crippen molar-refractivity contribution in [2.45, 2.75) is 58.5 Å². The van der Waals surface area contributed by atoms with E-state index in [0.29, 0.717) is 36.6 Å². The van der Waals surface area contributed by atoms with Crippen molar-refractivity contribution in [3.05, 3.63) is 99.1 Å². The number of hydrogen-bond donors (Lipinski definition) is 4. The van der Waals surface area contributed by atoms with Crippen LogP contribution in [0.25, 0.3) is 11.3 Å². The van der Waals surface area contributed by atoms with E-state index in [4.69, 9.17) is 28.9 Å². The molecule has 1 atom stereocenters. The van der Waals surface area contributed by atoms with Crippen LogP contribution in [0.4, 0.5) is 18.9 Å². The molecule has 0 saturated heterocycles. The second-order valence-corrected chi connectivity index (χ2v) is 11.9. The van der Waals surface area contributed by atoms with Gasteiger partial charge in [0.15, 0.2) is 5.82 Å². The molecule has 2 heterocycles. The summed E-state index contributed by atoms with van der Waals surface area (Å²) in [5, 5.41) is 3.27. The molecule has 11 nitrogen and oxygen atoms in total. The van der Waals surface area contributed by atoms with E-state index < -0.39 is 24.0 Å². The van der Waals surface area contributed by atoms with Crippen LogP contribution in [-0.2, 0) is 4.79 Å². The number of rotatable bonds is 15. The predicted molar refractivity (Wildman–Crippen MR) is 176 cm³/mol. The summed E-state index contributed by atoms with van der Waals surface area (Å²) in [5.74, 6) is 6.03. The molecule has 1 aliphatic rings. The van der Waals surface area contributed by atoms with Crippen LogP contribution in [0.3, 0.4) is 0 Å². The maximum atomic E-state index is 15.5. The minimum absolute atomic E-state index is 0.0123. The highest BCUT2D eigenvalue weighted by Gasteiger charge is 2.26. The average molecular weight is 672 g/mol. The number of anilines is 1. The van der Waals surface area contributed by atoms with Gasteiger partial charge in [-0.3, -0.25) is 24.1 Å². The van der Waals surface area contributed by atoms with Crippen molar-refractivity contribution in [3.63, 3.8) is 0 Å². The minimum Gasteiger partial charge on any atom is -0.403 e. The molecule has 0 spiro atoms. The summed E-state index contributed by atoms with van der Waals surface area (Å²) >= 11 is 6.13. The standard InChI is InChI=1S/C32H37ClF3N9O2/c1-18(2)4-3-5-26(23-12-20(10-11-40-23)31(43-32(35)36)25(14-37)42-17-46)44-16-41-24(13-28(44)47)29-27(9-8-21(33)30(29)34)45(39)15-22(38)19-6-7-19/h8-19,26,32H,3-7,37-39H2,1-2H3,(H,42,46)/b22-15-,25-14?,43-31?. The van der Waals surface area contributed by atoms with Crippen molar-refractivity contribution in [1.29, 1.82) is 0 Å². The predicted octanol–water partition coefficient (Wildman–Crippen LogP) is 4.96. The smallest absolute Gasteiger partial charge is 0.332 e. The molecule has 0 radical (unpaired) electrons. The molecular formula is C32H37ClF3N9O2. The lowest BCUT2D eigenvalue weighted by Crippen LogP contribution is -2.28. The quantitative estimate of drug-likeness (QED) is 0.0577. The van der Waals surface area contributed by atoms with E-state index in [-0.39, 0.29) is 44.9 Å². The van der Waals surface area contributed by atoms with Crippen LogP contribution < -0.4 is 33.2 Å². The third-order valence-corrected chi connectivity index (χ3v) is 7.93. The van der Waals surface area contributed by atoms with Gasteiger partial charge >= 0.3 is 6.55 Å². The molecule has 1 fully saturated rings. The number of carbonyl (C=O) groups excluding carboxylic acids is 1. The largest absolute Gasteiger partial charge is 0.403 e. The van der Waals surface area contributed by atoms with Gasteiger partial charge in [0.05, 0.1) is 51.4 Å². The lowest BCUT2D eigenvalue weighted by atomic mass is 9.98. The number of nitrogens with two attached hydrogens (primary N) is 3. The Morgan fingerprint density at radius 2 is 1.96 bits per heavy atom. The number of hydrazine groups is 1. The highest BCUT2D eigenvalue weighted by molar-refractivity contribution is 6.31. The monoisotopic (exact) mass is 671 g/mol. The summed E-state index contributed by atoms with van der Waals surface area (Å²) in [6.45, 7) is 1.03. The van der Waals surface area contributed by atoms with E-state index in [9.17, 15) is 18.4 Å². The van der Waals surface area contributed by atoms with E-state index in [0.717, 1.165) is 25.5 Å². The SMILES string of the molecule is CC(C)CCCC(c1cc(C(=NC(F)F)C(=CN)NC=O)ccn1)n1cnc(-c2c(N(N)/C=C(\N)C3CC3)ccc(Cl)c2F)cc1=O. The van der Waals surface area contributed by atoms with Crippen molar-refractivity contribution in [2.24, 2.45) is 34.1 Å². The maximum Gasteiger partial charge on any atom is 0.332 e. The fourth-order valence-corrected chi connectivity index (χ4v) is 5.27. The van der Waals surface area contributed by atoms with Gasteiger partial charge < -0.3 is 16.8 Å². The molecule has 1 aliphatic carbocycles.